The highest BCUT2D eigenvalue weighted by Gasteiger charge is 2.09. The minimum atomic E-state index is -0.346. The first-order chi connectivity index (χ1) is 12.7. The Morgan fingerprint density at radius 1 is 0.962 bits per heavy atom. The standard InChI is InChI=1S/C20H20N4O2/c1-2-15-8-10-17(11-9-15)20(26)23-22-19(25)12-16-13-21-24(14-16)18-6-4-3-5-7-18/h3-11,13-14H,2,12H2,1H3,(H,22,25)(H,23,26). The van der Waals surface area contributed by atoms with Crippen LogP contribution in [0.2, 0.25) is 0 Å². The molecule has 0 aliphatic rings. The zero-order valence-corrected chi connectivity index (χ0v) is 14.5. The highest BCUT2D eigenvalue weighted by Crippen LogP contribution is 2.08. The monoisotopic (exact) mass is 348 g/mol. The zero-order chi connectivity index (χ0) is 18.4. The Balaban J connectivity index is 1.52. The number of para-hydroxylation sites is 1. The van der Waals surface area contributed by atoms with Gasteiger partial charge in [-0.1, -0.05) is 37.3 Å². The highest BCUT2D eigenvalue weighted by molar-refractivity contribution is 5.95. The summed E-state index contributed by atoms with van der Waals surface area (Å²) in [4.78, 5) is 24.1. The molecule has 0 spiro atoms. The minimum Gasteiger partial charge on any atom is -0.273 e. The van der Waals surface area contributed by atoms with E-state index in [1.54, 1.807) is 29.2 Å². The van der Waals surface area contributed by atoms with Crippen LogP contribution in [0.4, 0.5) is 0 Å². The van der Waals surface area contributed by atoms with Crippen molar-refractivity contribution in [3.8, 4) is 5.69 Å². The molecule has 0 unspecified atom stereocenters. The molecule has 2 aromatic carbocycles. The van der Waals surface area contributed by atoms with E-state index in [0.29, 0.717) is 5.56 Å². The van der Waals surface area contributed by atoms with Gasteiger partial charge in [0.1, 0.15) is 0 Å². The van der Waals surface area contributed by atoms with Crippen LogP contribution >= 0.6 is 0 Å². The molecule has 0 radical (unpaired) electrons. The van der Waals surface area contributed by atoms with E-state index in [4.69, 9.17) is 0 Å². The smallest absolute Gasteiger partial charge is 0.269 e. The predicted molar refractivity (Wildman–Crippen MR) is 98.7 cm³/mol. The second kappa shape index (κ2) is 8.11. The normalized spacial score (nSPS) is 10.3. The van der Waals surface area contributed by atoms with Crippen LogP contribution in [-0.2, 0) is 17.6 Å². The van der Waals surface area contributed by atoms with Gasteiger partial charge in [0, 0.05) is 11.8 Å². The van der Waals surface area contributed by atoms with Crippen molar-refractivity contribution in [2.45, 2.75) is 19.8 Å². The summed E-state index contributed by atoms with van der Waals surface area (Å²) in [5.41, 5.74) is 8.19. The van der Waals surface area contributed by atoms with Crippen LogP contribution < -0.4 is 10.9 Å². The summed E-state index contributed by atoms with van der Waals surface area (Å²) < 4.78 is 1.70. The van der Waals surface area contributed by atoms with Gasteiger partial charge < -0.3 is 0 Å². The Bertz CT molecular complexity index is 886. The third-order valence-corrected chi connectivity index (χ3v) is 3.96. The fourth-order valence-electron chi connectivity index (χ4n) is 2.49. The van der Waals surface area contributed by atoms with Crippen LogP contribution in [0.15, 0.2) is 67.0 Å². The number of aryl methyl sites for hydroxylation is 1. The number of benzene rings is 2. The maximum absolute atomic E-state index is 12.0. The van der Waals surface area contributed by atoms with Gasteiger partial charge in [0.15, 0.2) is 0 Å². The summed E-state index contributed by atoms with van der Waals surface area (Å²) in [7, 11) is 0. The second-order valence-electron chi connectivity index (χ2n) is 5.86. The van der Waals surface area contributed by atoms with Crippen molar-refractivity contribution < 1.29 is 9.59 Å². The lowest BCUT2D eigenvalue weighted by Gasteiger charge is -2.07. The molecule has 3 rings (SSSR count). The number of nitrogens with one attached hydrogen (secondary N) is 2. The van der Waals surface area contributed by atoms with Crippen molar-refractivity contribution in [2.75, 3.05) is 0 Å². The lowest BCUT2D eigenvalue weighted by atomic mass is 10.1. The number of hydrogen-bond acceptors (Lipinski definition) is 3. The first-order valence-corrected chi connectivity index (χ1v) is 8.43. The van der Waals surface area contributed by atoms with E-state index >= 15 is 0 Å². The Morgan fingerprint density at radius 3 is 2.38 bits per heavy atom. The zero-order valence-electron chi connectivity index (χ0n) is 14.5. The average Bonchev–Trinajstić information content (AvgIpc) is 3.15. The van der Waals surface area contributed by atoms with Crippen LogP contribution in [0.25, 0.3) is 5.69 Å². The molecule has 6 nitrogen and oxygen atoms in total. The van der Waals surface area contributed by atoms with Gasteiger partial charge in [0.25, 0.3) is 5.91 Å². The molecule has 0 aliphatic heterocycles. The molecule has 26 heavy (non-hydrogen) atoms. The summed E-state index contributed by atoms with van der Waals surface area (Å²) in [5.74, 6) is -0.655. The number of hydrogen-bond donors (Lipinski definition) is 2. The molecule has 1 aromatic heterocycles. The molecule has 1 heterocycles. The van der Waals surface area contributed by atoms with Gasteiger partial charge in [0.2, 0.25) is 5.91 Å². The van der Waals surface area contributed by atoms with Crippen molar-refractivity contribution in [2.24, 2.45) is 0 Å². The first kappa shape index (κ1) is 17.4. The quantitative estimate of drug-likeness (QED) is 0.696. The number of nitrogens with zero attached hydrogens (tertiary/aromatic N) is 2. The molecule has 0 fully saturated rings. The van der Waals surface area contributed by atoms with Crippen LogP contribution in [0.5, 0.6) is 0 Å². The van der Waals surface area contributed by atoms with Gasteiger partial charge in [-0.05, 0) is 41.8 Å². The molecular weight excluding hydrogens is 328 g/mol. The molecule has 0 saturated heterocycles. The van der Waals surface area contributed by atoms with E-state index in [1.165, 1.54) is 0 Å². The Kier molecular flexibility index (Phi) is 5.43. The number of hydrazine groups is 1. The number of carbonyl (C=O) groups excluding carboxylic acids is 2. The van der Waals surface area contributed by atoms with Crippen molar-refractivity contribution in [1.29, 1.82) is 0 Å². The number of rotatable bonds is 5. The van der Waals surface area contributed by atoms with E-state index in [2.05, 4.69) is 22.9 Å². The summed E-state index contributed by atoms with van der Waals surface area (Å²) in [5, 5.41) is 4.25. The fourth-order valence-corrected chi connectivity index (χ4v) is 2.49. The lowest BCUT2D eigenvalue weighted by molar-refractivity contribution is -0.121. The van der Waals surface area contributed by atoms with Crippen LogP contribution in [0.3, 0.4) is 0 Å². The number of carbonyl (C=O) groups is 2. The minimum absolute atomic E-state index is 0.127. The molecule has 0 saturated carbocycles. The SMILES string of the molecule is CCc1ccc(C(=O)NNC(=O)Cc2cnn(-c3ccccc3)c2)cc1. The van der Waals surface area contributed by atoms with Gasteiger partial charge in [0.05, 0.1) is 18.3 Å². The second-order valence-corrected chi connectivity index (χ2v) is 5.86. The summed E-state index contributed by atoms with van der Waals surface area (Å²) >= 11 is 0. The van der Waals surface area contributed by atoms with Gasteiger partial charge >= 0.3 is 0 Å². The Hall–Kier alpha value is -3.41. The largest absolute Gasteiger partial charge is 0.273 e. The van der Waals surface area contributed by atoms with Crippen molar-refractivity contribution in [3.05, 3.63) is 83.7 Å². The lowest BCUT2D eigenvalue weighted by Crippen LogP contribution is -2.42. The number of aromatic nitrogens is 2. The topological polar surface area (TPSA) is 76.0 Å². The van der Waals surface area contributed by atoms with E-state index in [1.807, 2.05) is 42.5 Å². The van der Waals surface area contributed by atoms with Crippen molar-refractivity contribution in [3.63, 3.8) is 0 Å². The average molecular weight is 348 g/mol. The van der Waals surface area contributed by atoms with E-state index < -0.39 is 0 Å². The summed E-state index contributed by atoms with van der Waals surface area (Å²) in [6, 6.07) is 16.9. The van der Waals surface area contributed by atoms with E-state index in [9.17, 15) is 9.59 Å². The molecule has 132 valence electrons. The summed E-state index contributed by atoms with van der Waals surface area (Å²) in [6.07, 6.45) is 4.47. The molecule has 0 atom stereocenters. The van der Waals surface area contributed by atoms with Crippen molar-refractivity contribution in [1.82, 2.24) is 20.6 Å². The first-order valence-electron chi connectivity index (χ1n) is 8.43. The van der Waals surface area contributed by atoms with Gasteiger partial charge in [-0.25, -0.2) is 4.68 Å². The maximum Gasteiger partial charge on any atom is 0.269 e. The Morgan fingerprint density at radius 2 is 1.69 bits per heavy atom. The molecule has 3 aromatic rings. The molecule has 6 heteroatoms. The third kappa shape index (κ3) is 4.36. The van der Waals surface area contributed by atoms with Crippen LogP contribution in [0, 0.1) is 0 Å². The van der Waals surface area contributed by atoms with E-state index in [0.717, 1.165) is 23.2 Å². The van der Waals surface area contributed by atoms with Gasteiger partial charge in [-0.2, -0.15) is 5.10 Å². The molecule has 0 aliphatic carbocycles. The highest BCUT2D eigenvalue weighted by atomic mass is 16.2. The van der Waals surface area contributed by atoms with Crippen molar-refractivity contribution >= 4 is 11.8 Å². The van der Waals surface area contributed by atoms with Crippen LogP contribution in [0.1, 0.15) is 28.4 Å². The molecule has 0 bridgehead atoms. The number of amides is 2. The van der Waals surface area contributed by atoms with Gasteiger partial charge in [-0.3, -0.25) is 20.4 Å². The maximum atomic E-state index is 12.0. The van der Waals surface area contributed by atoms with E-state index in [-0.39, 0.29) is 18.2 Å². The third-order valence-electron chi connectivity index (χ3n) is 3.96. The fraction of sp³-hybridized carbons (Fsp3) is 0.150. The molecule has 2 amide bonds. The molecule has 2 N–H and O–H groups in total. The van der Waals surface area contributed by atoms with Gasteiger partial charge in [-0.15, -0.1) is 0 Å². The molecular formula is C20H20N4O2. The Labute approximate surface area is 151 Å². The predicted octanol–water partition coefficient (Wildman–Crippen LogP) is 2.44. The van der Waals surface area contributed by atoms with Crippen LogP contribution in [-0.4, -0.2) is 21.6 Å². The summed E-state index contributed by atoms with van der Waals surface area (Å²) in [6.45, 7) is 2.05.